The van der Waals surface area contributed by atoms with Gasteiger partial charge < -0.3 is 4.74 Å². The van der Waals surface area contributed by atoms with E-state index in [4.69, 9.17) is 4.74 Å². The van der Waals surface area contributed by atoms with Crippen molar-refractivity contribution in [1.29, 1.82) is 0 Å². The van der Waals surface area contributed by atoms with E-state index in [1.165, 1.54) is 32.4 Å². The van der Waals surface area contributed by atoms with Gasteiger partial charge >= 0.3 is 5.97 Å². The minimum Gasteiger partial charge on any atom is -0.466 e. The Morgan fingerprint density at radius 1 is 1.05 bits per heavy atom. The lowest BCUT2D eigenvalue weighted by molar-refractivity contribution is -0.149. The molecule has 0 amide bonds. The molecular weight excluding hydrogens is 264 g/mol. The maximum Gasteiger partial charge on any atom is 0.310 e. The SMILES string of the molecule is CCOC(=O)C1CCCN(CC=CCN2CCCCC2)C1. The molecule has 2 saturated heterocycles. The molecule has 4 heteroatoms. The first-order valence-electron chi connectivity index (χ1n) is 8.56. The standard InChI is InChI=1S/C17H30N2O2/c1-2-21-17(20)16-9-8-14-19(15-16)13-7-6-12-18-10-4-3-5-11-18/h6-7,16H,2-5,8-15H2,1H3. The van der Waals surface area contributed by atoms with Gasteiger partial charge in [0.1, 0.15) is 0 Å². The van der Waals surface area contributed by atoms with E-state index in [-0.39, 0.29) is 11.9 Å². The van der Waals surface area contributed by atoms with Gasteiger partial charge in [0.2, 0.25) is 0 Å². The number of likely N-dealkylation sites (tertiary alicyclic amines) is 2. The van der Waals surface area contributed by atoms with Crippen LogP contribution in [0.1, 0.15) is 39.0 Å². The van der Waals surface area contributed by atoms with Gasteiger partial charge in [-0.1, -0.05) is 18.6 Å². The third-order valence-corrected chi connectivity index (χ3v) is 4.47. The van der Waals surface area contributed by atoms with Crippen LogP contribution in [0, 0.1) is 5.92 Å². The molecule has 2 aliphatic heterocycles. The number of ether oxygens (including phenoxy) is 1. The van der Waals surface area contributed by atoms with Crippen LogP contribution in [0.15, 0.2) is 12.2 Å². The van der Waals surface area contributed by atoms with Gasteiger partial charge in [0, 0.05) is 19.6 Å². The first-order valence-corrected chi connectivity index (χ1v) is 8.56. The molecule has 1 atom stereocenters. The maximum absolute atomic E-state index is 11.8. The summed E-state index contributed by atoms with van der Waals surface area (Å²) in [7, 11) is 0. The highest BCUT2D eigenvalue weighted by Crippen LogP contribution is 2.17. The van der Waals surface area contributed by atoms with Gasteiger partial charge in [-0.2, -0.15) is 0 Å². The topological polar surface area (TPSA) is 32.8 Å². The van der Waals surface area contributed by atoms with Crippen LogP contribution in [-0.2, 0) is 9.53 Å². The Balaban J connectivity index is 1.66. The van der Waals surface area contributed by atoms with E-state index in [2.05, 4.69) is 22.0 Å². The fourth-order valence-corrected chi connectivity index (χ4v) is 3.26. The zero-order valence-corrected chi connectivity index (χ0v) is 13.4. The van der Waals surface area contributed by atoms with E-state index in [0.29, 0.717) is 6.61 Å². The van der Waals surface area contributed by atoms with Gasteiger partial charge in [-0.3, -0.25) is 14.6 Å². The van der Waals surface area contributed by atoms with Gasteiger partial charge in [0.25, 0.3) is 0 Å². The number of esters is 1. The van der Waals surface area contributed by atoms with Crippen molar-refractivity contribution >= 4 is 5.97 Å². The molecule has 0 saturated carbocycles. The van der Waals surface area contributed by atoms with Crippen LogP contribution in [0.25, 0.3) is 0 Å². The number of nitrogens with zero attached hydrogens (tertiary/aromatic N) is 2. The van der Waals surface area contributed by atoms with Crippen LogP contribution >= 0.6 is 0 Å². The van der Waals surface area contributed by atoms with E-state index in [0.717, 1.165) is 39.0 Å². The van der Waals surface area contributed by atoms with Crippen molar-refractivity contribution in [2.75, 3.05) is 45.9 Å². The summed E-state index contributed by atoms with van der Waals surface area (Å²) in [6, 6.07) is 0. The summed E-state index contributed by atoms with van der Waals surface area (Å²) >= 11 is 0. The fraction of sp³-hybridized carbons (Fsp3) is 0.824. The molecule has 0 aliphatic carbocycles. The molecule has 0 aromatic heterocycles. The lowest BCUT2D eigenvalue weighted by atomic mass is 9.98. The number of carbonyl (C=O) groups is 1. The third-order valence-electron chi connectivity index (χ3n) is 4.47. The summed E-state index contributed by atoms with van der Waals surface area (Å²) in [5.41, 5.74) is 0. The van der Waals surface area contributed by atoms with Crippen molar-refractivity contribution in [2.45, 2.75) is 39.0 Å². The lowest BCUT2D eigenvalue weighted by Gasteiger charge is -2.30. The monoisotopic (exact) mass is 294 g/mol. The molecule has 120 valence electrons. The number of piperidine rings is 2. The second-order valence-electron chi connectivity index (χ2n) is 6.18. The van der Waals surface area contributed by atoms with Crippen molar-refractivity contribution in [3.8, 4) is 0 Å². The second-order valence-corrected chi connectivity index (χ2v) is 6.18. The Kier molecular flexibility index (Phi) is 7.24. The first kappa shape index (κ1) is 16.5. The molecule has 0 aromatic carbocycles. The predicted molar refractivity (Wildman–Crippen MR) is 85.2 cm³/mol. The van der Waals surface area contributed by atoms with Gasteiger partial charge in [0.05, 0.1) is 12.5 Å². The molecule has 2 rings (SSSR count). The van der Waals surface area contributed by atoms with Crippen molar-refractivity contribution in [3.05, 3.63) is 12.2 Å². The molecule has 2 aliphatic rings. The zero-order chi connectivity index (χ0) is 14.9. The summed E-state index contributed by atoms with van der Waals surface area (Å²) in [4.78, 5) is 16.7. The molecule has 2 heterocycles. The van der Waals surface area contributed by atoms with E-state index in [1.807, 2.05) is 6.92 Å². The molecule has 0 N–H and O–H groups in total. The minimum absolute atomic E-state index is 0.0144. The lowest BCUT2D eigenvalue weighted by Crippen LogP contribution is -2.39. The van der Waals surface area contributed by atoms with Crippen LogP contribution in [-0.4, -0.2) is 61.6 Å². The Morgan fingerprint density at radius 2 is 1.71 bits per heavy atom. The summed E-state index contributed by atoms with van der Waals surface area (Å²) in [5.74, 6) is 0.0636. The summed E-state index contributed by atoms with van der Waals surface area (Å²) in [5, 5.41) is 0. The third kappa shape index (κ3) is 5.79. The highest BCUT2D eigenvalue weighted by molar-refractivity contribution is 5.72. The van der Waals surface area contributed by atoms with Gasteiger partial charge in [-0.25, -0.2) is 0 Å². The number of rotatable bonds is 6. The number of hydrogen-bond donors (Lipinski definition) is 0. The van der Waals surface area contributed by atoms with Gasteiger partial charge in [-0.05, 0) is 52.2 Å². The second kappa shape index (κ2) is 9.21. The van der Waals surface area contributed by atoms with E-state index < -0.39 is 0 Å². The highest BCUT2D eigenvalue weighted by atomic mass is 16.5. The first-order chi connectivity index (χ1) is 10.3. The van der Waals surface area contributed by atoms with E-state index in [9.17, 15) is 4.79 Å². The van der Waals surface area contributed by atoms with Crippen molar-refractivity contribution in [3.63, 3.8) is 0 Å². The predicted octanol–water partition coefficient (Wildman–Crippen LogP) is 2.30. The maximum atomic E-state index is 11.8. The Bertz CT molecular complexity index is 338. The normalized spacial score (nSPS) is 25.3. The molecule has 2 fully saturated rings. The zero-order valence-electron chi connectivity index (χ0n) is 13.4. The molecule has 0 bridgehead atoms. The van der Waals surface area contributed by atoms with Crippen LogP contribution in [0.4, 0.5) is 0 Å². The van der Waals surface area contributed by atoms with Crippen LogP contribution < -0.4 is 0 Å². The number of carbonyl (C=O) groups excluding carboxylic acids is 1. The largest absolute Gasteiger partial charge is 0.466 e. The average molecular weight is 294 g/mol. The molecular formula is C17H30N2O2. The highest BCUT2D eigenvalue weighted by Gasteiger charge is 2.26. The van der Waals surface area contributed by atoms with Crippen molar-refractivity contribution in [2.24, 2.45) is 5.92 Å². The fourth-order valence-electron chi connectivity index (χ4n) is 3.26. The molecule has 0 spiro atoms. The smallest absolute Gasteiger partial charge is 0.310 e. The average Bonchev–Trinajstić information content (AvgIpc) is 2.53. The van der Waals surface area contributed by atoms with Crippen molar-refractivity contribution < 1.29 is 9.53 Å². The Morgan fingerprint density at radius 3 is 2.43 bits per heavy atom. The number of hydrogen-bond acceptors (Lipinski definition) is 4. The van der Waals surface area contributed by atoms with Gasteiger partial charge in [0.15, 0.2) is 0 Å². The van der Waals surface area contributed by atoms with Gasteiger partial charge in [-0.15, -0.1) is 0 Å². The molecule has 21 heavy (non-hydrogen) atoms. The van der Waals surface area contributed by atoms with Crippen LogP contribution in [0.5, 0.6) is 0 Å². The Hall–Kier alpha value is -0.870. The minimum atomic E-state index is -0.0144. The van der Waals surface area contributed by atoms with Crippen LogP contribution in [0.3, 0.4) is 0 Å². The Labute approximate surface area is 129 Å². The van der Waals surface area contributed by atoms with E-state index >= 15 is 0 Å². The molecule has 1 unspecified atom stereocenters. The van der Waals surface area contributed by atoms with Crippen molar-refractivity contribution in [1.82, 2.24) is 9.80 Å². The summed E-state index contributed by atoms with van der Waals surface area (Å²) < 4.78 is 5.14. The molecule has 4 nitrogen and oxygen atoms in total. The van der Waals surface area contributed by atoms with Crippen LogP contribution in [0.2, 0.25) is 0 Å². The quantitative estimate of drug-likeness (QED) is 0.556. The molecule has 0 aromatic rings. The van der Waals surface area contributed by atoms with E-state index in [1.54, 1.807) is 0 Å². The molecule has 0 radical (unpaired) electrons. The summed E-state index contributed by atoms with van der Waals surface area (Å²) in [6.45, 7) is 8.86. The summed E-state index contributed by atoms with van der Waals surface area (Å²) in [6.07, 6.45) is 10.7.